The third kappa shape index (κ3) is 6.41. The number of benzene rings is 3. The van der Waals surface area contributed by atoms with E-state index in [1.807, 2.05) is 0 Å². The number of nitrogens with one attached hydrogen (secondary N) is 2. The molecule has 3 aromatic carbocycles. The van der Waals surface area contributed by atoms with Crippen molar-refractivity contribution in [3.05, 3.63) is 87.8 Å². The number of amides is 2. The second-order valence-corrected chi connectivity index (χ2v) is 8.77. The lowest BCUT2D eigenvalue weighted by molar-refractivity contribution is -0.118. The minimum Gasteiger partial charge on any atom is -0.493 e. The zero-order valence-corrected chi connectivity index (χ0v) is 20.3. The summed E-state index contributed by atoms with van der Waals surface area (Å²) in [5.41, 5.74) is 1.47. The molecule has 2 amide bonds. The summed E-state index contributed by atoms with van der Waals surface area (Å²) in [5, 5.41) is 5.76. The van der Waals surface area contributed by atoms with Crippen LogP contribution >= 0.6 is 23.4 Å². The number of ether oxygens (including phenoxy) is 2. The van der Waals surface area contributed by atoms with Gasteiger partial charge in [-0.15, -0.1) is 0 Å². The maximum absolute atomic E-state index is 13.1. The Morgan fingerprint density at radius 3 is 2.44 bits per heavy atom. The molecule has 0 bridgehead atoms. The molecule has 0 radical (unpaired) electrons. The lowest BCUT2D eigenvalue weighted by Crippen LogP contribution is -2.20. The first-order chi connectivity index (χ1) is 17.3. The largest absolute Gasteiger partial charge is 0.493 e. The molecule has 7 nitrogen and oxygen atoms in total. The lowest BCUT2D eigenvalue weighted by atomic mass is 10.2. The predicted molar refractivity (Wildman–Crippen MR) is 136 cm³/mol. The molecule has 1 heterocycles. The maximum atomic E-state index is 13.1. The van der Waals surface area contributed by atoms with Gasteiger partial charge in [-0.05, 0) is 84.1 Å². The summed E-state index contributed by atoms with van der Waals surface area (Å²) in [6.07, 6.45) is 1.60. The van der Waals surface area contributed by atoms with Gasteiger partial charge in [-0.2, -0.15) is 0 Å². The first kappa shape index (κ1) is 25.2. The number of halogens is 3. The molecule has 0 aliphatic carbocycles. The Morgan fingerprint density at radius 1 is 1.11 bits per heavy atom. The van der Waals surface area contributed by atoms with Crippen molar-refractivity contribution in [3.63, 3.8) is 0 Å². The van der Waals surface area contributed by atoms with E-state index in [4.69, 9.17) is 21.1 Å². The van der Waals surface area contributed by atoms with Crippen molar-refractivity contribution >= 4 is 57.8 Å². The summed E-state index contributed by atoms with van der Waals surface area (Å²) < 4.78 is 37.0. The average molecular weight is 530 g/mol. The molecular weight excluding hydrogens is 512 g/mol. The van der Waals surface area contributed by atoms with Crippen LogP contribution in [0.25, 0.3) is 6.08 Å². The van der Waals surface area contributed by atoms with Gasteiger partial charge in [0.1, 0.15) is 11.6 Å². The average Bonchev–Trinajstić information content (AvgIpc) is 3.19. The van der Waals surface area contributed by atoms with Gasteiger partial charge in [0, 0.05) is 5.69 Å². The number of aliphatic imine (C=N–C) groups is 1. The summed E-state index contributed by atoms with van der Waals surface area (Å²) in [7, 11) is 1.42. The van der Waals surface area contributed by atoms with Crippen LogP contribution in [0, 0.1) is 11.6 Å². The summed E-state index contributed by atoms with van der Waals surface area (Å²) >= 11 is 7.49. The van der Waals surface area contributed by atoms with Crippen molar-refractivity contribution < 1.29 is 27.8 Å². The molecule has 0 atom stereocenters. The highest BCUT2D eigenvalue weighted by Gasteiger charge is 2.24. The zero-order valence-electron chi connectivity index (χ0n) is 18.7. The molecule has 0 unspecified atom stereocenters. The van der Waals surface area contributed by atoms with Crippen LogP contribution in [0.3, 0.4) is 0 Å². The fraction of sp³-hybridized carbons (Fsp3) is 0.0800. The Bertz CT molecular complexity index is 1360. The molecule has 184 valence electrons. The third-order valence-corrected chi connectivity index (χ3v) is 5.92. The van der Waals surface area contributed by atoms with Crippen LogP contribution in [0.1, 0.15) is 5.56 Å². The van der Waals surface area contributed by atoms with Gasteiger partial charge in [-0.3, -0.25) is 9.59 Å². The predicted octanol–water partition coefficient (Wildman–Crippen LogP) is 5.54. The number of rotatable bonds is 7. The lowest BCUT2D eigenvalue weighted by Gasteiger charge is -2.13. The van der Waals surface area contributed by atoms with Crippen LogP contribution in [0.15, 0.2) is 70.6 Å². The van der Waals surface area contributed by atoms with Crippen LogP contribution in [-0.4, -0.2) is 30.7 Å². The number of anilines is 1. The third-order valence-electron chi connectivity index (χ3n) is 4.73. The zero-order chi connectivity index (χ0) is 25.7. The SMILES string of the molecule is COc1cc(/C=C2/SC(=Nc3ccc(F)cc3)NC2=O)cc(Cl)c1OCC(=O)Nc1ccc(F)cc1. The van der Waals surface area contributed by atoms with E-state index >= 15 is 0 Å². The van der Waals surface area contributed by atoms with Crippen molar-refractivity contribution in [1.82, 2.24) is 5.32 Å². The van der Waals surface area contributed by atoms with E-state index in [9.17, 15) is 18.4 Å². The van der Waals surface area contributed by atoms with Crippen molar-refractivity contribution in [2.24, 2.45) is 4.99 Å². The second-order valence-electron chi connectivity index (χ2n) is 7.34. The highest BCUT2D eigenvalue weighted by Crippen LogP contribution is 2.38. The first-order valence-electron chi connectivity index (χ1n) is 10.4. The van der Waals surface area contributed by atoms with E-state index in [1.54, 1.807) is 18.2 Å². The molecule has 0 spiro atoms. The van der Waals surface area contributed by atoms with E-state index in [1.165, 1.54) is 55.6 Å². The normalized spacial score (nSPS) is 15.2. The van der Waals surface area contributed by atoms with E-state index in [0.717, 1.165) is 11.8 Å². The van der Waals surface area contributed by atoms with Crippen LogP contribution in [-0.2, 0) is 9.59 Å². The van der Waals surface area contributed by atoms with Gasteiger partial charge in [0.25, 0.3) is 11.8 Å². The summed E-state index contributed by atoms with van der Waals surface area (Å²) in [4.78, 5) is 29.2. The van der Waals surface area contributed by atoms with Crippen molar-refractivity contribution in [2.75, 3.05) is 19.0 Å². The van der Waals surface area contributed by atoms with Gasteiger partial charge in [0.2, 0.25) is 0 Å². The van der Waals surface area contributed by atoms with Crippen LogP contribution < -0.4 is 20.1 Å². The second kappa shape index (κ2) is 11.2. The molecule has 0 aromatic heterocycles. The summed E-state index contributed by atoms with van der Waals surface area (Å²) in [6, 6.07) is 14.0. The van der Waals surface area contributed by atoms with E-state index < -0.39 is 11.7 Å². The number of amidine groups is 1. The number of methoxy groups -OCH3 is 1. The topological polar surface area (TPSA) is 89.0 Å². The number of hydrogen-bond donors (Lipinski definition) is 2. The number of nitrogens with zero attached hydrogens (tertiary/aromatic N) is 1. The molecule has 1 fully saturated rings. The van der Waals surface area contributed by atoms with Gasteiger partial charge in [-0.25, -0.2) is 13.8 Å². The molecule has 1 aliphatic rings. The summed E-state index contributed by atoms with van der Waals surface area (Å²) in [5.74, 6) is -1.22. The van der Waals surface area contributed by atoms with Gasteiger partial charge in [0.05, 0.1) is 22.7 Å². The highest BCUT2D eigenvalue weighted by atomic mass is 35.5. The smallest absolute Gasteiger partial charge is 0.264 e. The van der Waals surface area contributed by atoms with Crippen molar-refractivity contribution in [1.29, 1.82) is 0 Å². The minimum absolute atomic E-state index is 0.151. The van der Waals surface area contributed by atoms with Crippen LogP contribution in [0.2, 0.25) is 5.02 Å². The summed E-state index contributed by atoms with van der Waals surface area (Å²) in [6.45, 7) is -0.366. The molecule has 2 N–H and O–H groups in total. The molecule has 3 aromatic rings. The molecule has 1 saturated heterocycles. The number of hydrogen-bond acceptors (Lipinski definition) is 6. The number of carbonyl (C=O) groups is 2. The fourth-order valence-electron chi connectivity index (χ4n) is 3.10. The van der Waals surface area contributed by atoms with E-state index in [-0.39, 0.29) is 34.9 Å². The van der Waals surface area contributed by atoms with Gasteiger partial charge >= 0.3 is 0 Å². The molecule has 1 aliphatic heterocycles. The molecule has 36 heavy (non-hydrogen) atoms. The standard InChI is InChI=1S/C25H18ClF2N3O4S/c1-34-20-11-14(12-21-24(33)31-25(36-21)30-18-8-4-16(28)5-9-18)10-19(26)23(20)35-13-22(32)29-17-6-2-15(27)3-7-17/h2-12H,13H2,1H3,(H,29,32)(H,30,31,33)/b21-12+. The molecule has 0 saturated carbocycles. The molecule has 4 rings (SSSR count). The Hall–Kier alpha value is -3.89. The van der Waals surface area contributed by atoms with Gasteiger partial charge in [-0.1, -0.05) is 11.6 Å². The van der Waals surface area contributed by atoms with Crippen LogP contribution in [0.5, 0.6) is 11.5 Å². The first-order valence-corrected chi connectivity index (χ1v) is 11.6. The van der Waals surface area contributed by atoms with Crippen LogP contribution in [0.4, 0.5) is 20.2 Å². The molecule has 11 heteroatoms. The molecular formula is C25H18ClF2N3O4S. The van der Waals surface area contributed by atoms with Gasteiger partial charge < -0.3 is 20.1 Å². The van der Waals surface area contributed by atoms with Gasteiger partial charge in [0.15, 0.2) is 23.3 Å². The number of thioether (sulfide) groups is 1. The monoisotopic (exact) mass is 529 g/mol. The fourth-order valence-corrected chi connectivity index (χ4v) is 4.21. The quantitative estimate of drug-likeness (QED) is 0.393. The Balaban J connectivity index is 1.45. The Kier molecular flexibility index (Phi) is 7.87. The van der Waals surface area contributed by atoms with Crippen molar-refractivity contribution in [2.45, 2.75) is 0 Å². The maximum Gasteiger partial charge on any atom is 0.264 e. The number of carbonyl (C=O) groups excluding carboxylic acids is 2. The minimum atomic E-state index is -0.474. The Labute approximate surface area is 214 Å². The Morgan fingerprint density at radius 2 is 1.78 bits per heavy atom. The van der Waals surface area contributed by atoms with E-state index in [2.05, 4.69) is 15.6 Å². The highest BCUT2D eigenvalue weighted by molar-refractivity contribution is 8.18. The van der Waals surface area contributed by atoms with E-state index in [0.29, 0.717) is 27.0 Å². The van der Waals surface area contributed by atoms with Crippen molar-refractivity contribution in [3.8, 4) is 11.5 Å².